The fraction of sp³-hybridized carbons (Fsp3) is 0.429. The van der Waals surface area contributed by atoms with Gasteiger partial charge < -0.3 is 10.0 Å². The number of nitrogens with zero attached hydrogens (tertiary/aromatic N) is 1. The molecule has 4 nitrogen and oxygen atoms in total. The number of thioether (sulfide) groups is 1. The lowest BCUT2D eigenvalue weighted by Crippen LogP contribution is -2.36. The van der Waals surface area contributed by atoms with E-state index in [1.807, 2.05) is 24.3 Å². The van der Waals surface area contributed by atoms with Crippen molar-refractivity contribution in [3.8, 4) is 0 Å². The molecule has 0 atom stereocenters. The molecule has 0 saturated heterocycles. The average Bonchev–Trinajstić information content (AvgIpc) is 3.22. The molecule has 1 amide bonds. The highest BCUT2D eigenvalue weighted by molar-refractivity contribution is 9.10. The van der Waals surface area contributed by atoms with Gasteiger partial charge in [-0.3, -0.25) is 9.59 Å². The summed E-state index contributed by atoms with van der Waals surface area (Å²) in [6, 6.07) is 8.06. The molecule has 2 rings (SSSR count). The first-order valence-electron chi connectivity index (χ1n) is 6.46. The molecule has 0 unspecified atom stereocenters. The Bertz CT molecular complexity index is 488. The summed E-state index contributed by atoms with van der Waals surface area (Å²) in [7, 11) is 0. The Labute approximate surface area is 130 Å². The van der Waals surface area contributed by atoms with Crippen LogP contribution < -0.4 is 0 Å². The van der Waals surface area contributed by atoms with Crippen molar-refractivity contribution in [2.75, 3.05) is 12.3 Å². The third-order valence-corrected chi connectivity index (χ3v) is 4.58. The van der Waals surface area contributed by atoms with Crippen LogP contribution in [0.25, 0.3) is 0 Å². The smallest absolute Gasteiger partial charge is 0.305 e. The van der Waals surface area contributed by atoms with Crippen LogP contribution in [0.2, 0.25) is 0 Å². The van der Waals surface area contributed by atoms with Crippen molar-refractivity contribution in [3.63, 3.8) is 0 Å². The average molecular weight is 358 g/mol. The summed E-state index contributed by atoms with van der Waals surface area (Å²) in [6.07, 6.45) is 2.01. The number of benzene rings is 1. The molecule has 20 heavy (non-hydrogen) atoms. The van der Waals surface area contributed by atoms with E-state index in [0.717, 1.165) is 22.2 Å². The quantitative estimate of drug-likeness (QED) is 0.762. The van der Waals surface area contributed by atoms with Crippen molar-refractivity contribution in [1.82, 2.24) is 4.90 Å². The largest absolute Gasteiger partial charge is 0.481 e. The Hall–Kier alpha value is -1.01. The van der Waals surface area contributed by atoms with Gasteiger partial charge in [0, 0.05) is 22.0 Å². The Morgan fingerprint density at radius 1 is 1.30 bits per heavy atom. The second-order valence-electron chi connectivity index (χ2n) is 4.70. The van der Waals surface area contributed by atoms with Gasteiger partial charge in [0.2, 0.25) is 5.91 Å². The topological polar surface area (TPSA) is 57.6 Å². The van der Waals surface area contributed by atoms with E-state index in [9.17, 15) is 9.59 Å². The zero-order valence-electron chi connectivity index (χ0n) is 10.9. The van der Waals surface area contributed by atoms with Gasteiger partial charge in [0.1, 0.15) is 0 Å². The first-order valence-corrected chi connectivity index (χ1v) is 8.24. The third kappa shape index (κ3) is 4.83. The highest BCUT2D eigenvalue weighted by Crippen LogP contribution is 2.28. The van der Waals surface area contributed by atoms with Gasteiger partial charge in [0.05, 0.1) is 12.2 Å². The fourth-order valence-electron chi connectivity index (χ4n) is 1.87. The second kappa shape index (κ2) is 7.13. The second-order valence-corrected chi connectivity index (χ2v) is 6.67. The summed E-state index contributed by atoms with van der Waals surface area (Å²) in [5.74, 6) is -0.469. The van der Waals surface area contributed by atoms with Crippen LogP contribution in [0.3, 0.4) is 0 Å². The number of hydrogen-bond donors (Lipinski definition) is 1. The zero-order chi connectivity index (χ0) is 14.5. The highest BCUT2D eigenvalue weighted by atomic mass is 79.9. The van der Waals surface area contributed by atoms with E-state index < -0.39 is 5.97 Å². The molecule has 1 fully saturated rings. The Morgan fingerprint density at radius 2 is 1.95 bits per heavy atom. The summed E-state index contributed by atoms with van der Waals surface area (Å²) in [6.45, 7) is 0.319. The van der Waals surface area contributed by atoms with Gasteiger partial charge in [0.15, 0.2) is 0 Å². The number of carbonyl (C=O) groups excluding carboxylic acids is 1. The van der Waals surface area contributed by atoms with Gasteiger partial charge in [-0.25, -0.2) is 0 Å². The summed E-state index contributed by atoms with van der Waals surface area (Å²) in [4.78, 5) is 25.6. The van der Waals surface area contributed by atoms with E-state index in [1.165, 1.54) is 11.8 Å². The maximum Gasteiger partial charge on any atom is 0.305 e. The molecule has 0 heterocycles. The van der Waals surface area contributed by atoms with Crippen LogP contribution in [0, 0.1) is 0 Å². The van der Waals surface area contributed by atoms with Gasteiger partial charge in [-0.05, 0) is 37.1 Å². The molecule has 6 heteroatoms. The van der Waals surface area contributed by atoms with Crippen LogP contribution in [0.5, 0.6) is 0 Å². The summed E-state index contributed by atoms with van der Waals surface area (Å²) in [5.41, 5.74) is 0. The molecule has 1 aliphatic rings. The molecule has 0 aliphatic heterocycles. The molecular formula is C14H16BrNO3S. The first-order chi connectivity index (χ1) is 9.56. The van der Waals surface area contributed by atoms with Crippen molar-refractivity contribution in [1.29, 1.82) is 0 Å². The predicted molar refractivity (Wildman–Crippen MR) is 81.9 cm³/mol. The van der Waals surface area contributed by atoms with Gasteiger partial charge in [-0.15, -0.1) is 11.8 Å². The molecule has 1 aromatic rings. The van der Waals surface area contributed by atoms with Gasteiger partial charge in [-0.1, -0.05) is 15.9 Å². The summed E-state index contributed by atoms with van der Waals surface area (Å²) >= 11 is 4.86. The third-order valence-electron chi connectivity index (χ3n) is 3.05. The Morgan fingerprint density at radius 3 is 2.50 bits per heavy atom. The molecule has 1 aliphatic carbocycles. The number of carboxylic acids is 1. The zero-order valence-corrected chi connectivity index (χ0v) is 13.3. The predicted octanol–water partition coefficient (Wildman–Crippen LogP) is 3.01. The van der Waals surface area contributed by atoms with Gasteiger partial charge in [0.25, 0.3) is 0 Å². The summed E-state index contributed by atoms with van der Waals surface area (Å²) < 4.78 is 1.01. The minimum absolute atomic E-state index is 0.0190. The van der Waals surface area contributed by atoms with E-state index in [0.29, 0.717) is 12.3 Å². The number of carbonyl (C=O) groups is 2. The molecule has 1 saturated carbocycles. The SMILES string of the molecule is O=C(O)CCN(C(=O)CSc1ccc(Br)cc1)C1CC1. The molecule has 1 N–H and O–H groups in total. The Kier molecular flexibility index (Phi) is 5.48. The lowest BCUT2D eigenvalue weighted by Gasteiger charge is -2.21. The van der Waals surface area contributed by atoms with Gasteiger partial charge >= 0.3 is 5.97 Å². The number of halogens is 1. The van der Waals surface area contributed by atoms with Crippen molar-refractivity contribution in [3.05, 3.63) is 28.7 Å². The summed E-state index contributed by atoms with van der Waals surface area (Å²) in [5, 5.41) is 8.73. The molecule has 0 bridgehead atoms. The van der Waals surface area contributed by atoms with E-state index >= 15 is 0 Å². The number of aliphatic carboxylic acids is 1. The van der Waals surface area contributed by atoms with E-state index in [1.54, 1.807) is 4.90 Å². The molecule has 0 aromatic heterocycles. The lowest BCUT2D eigenvalue weighted by atomic mass is 10.3. The molecule has 0 spiro atoms. The molecule has 108 valence electrons. The minimum atomic E-state index is -0.857. The highest BCUT2D eigenvalue weighted by Gasteiger charge is 2.32. The van der Waals surface area contributed by atoms with E-state index in [4.69, 9.17) is 5.11 Å². The normalized spacial score (nSPS) is 14.1. The monoisotopic (exact) mass is 357 g/mol. The maximum absolute atomic E-state index is 12.2. The van der Waals surface area contributed by atoms with Crippen LogP contribution in [0.1, 0.15) is 19.3 Å². The lowest BCUT2D eigenvalue weighted by molar-refractivity contribution is -0.138. The van der Waals surface area contributed by atoms with Crippen LogP contribution in [0.4, 0.5) is 0 Å². The number of hydrogen-bond acceptors (Lipinski definition) is 3. The van der Waals surface area contributed by atoms with Crippen LogP contribution >= 0.6 is 27.7 Å². The van der Waals surface area contributed by atoms with E-state index in [2.05, 4.69) is 15.9 Å². The first kappa shape index (κ1) is 15.4. The van der Waals surface area contributed by atoms with Crippen molar-refractivity contribution >= 4 is 39.6 Å². The van der Waals surface area contributed by atoms with E-state index in [-0.39, 0.29) is 18.4 Å². The van der Waals surface area contributed by atoms with Crippen molar-refractivity contribution in [2.45, 2.75) is 30.2 Å². The standard InChI is InChI=1S/C14H16BrNO3S/c15-10-1-5-12(6-2-10)20-9-13(17)16(11-3-4-11)8-7-14(18)19/h1-2,5-6,11H,3-4,7-9H2,(H,18,19). The molecule has 1 aromatic carbocycles. The molecular weight excluding hydrogens is 342 g/mol. The maximum atomic E-state index is 12.2. The molecule has 0 radical (unpaired) electrons. The Balaban J connectivity index is 1.85. The van der Waals surface area contributed by atoms with Crippen molar-refractivity contribution < 1.29 is 14.7 Å². The van der Waals surface area contributed by atoms with Crippen LogP contribution in [0.15, 0.2) is 33.6 Å². The van der Waals surface area contributed by atoms with Crippen molar-refractivity contribution in [2.24, 2.45) is 0 Å². The number of amides is 1. The van der Waals surface area contributed by atoms with Gasteiger partial charge in [-0.2, -0.15) is 0 Å². The van der Waals surface area contributed by atoms with Crippen LogP contribution in [-0.4, -0.2) is 40.2 Å². The van der Waals surface area contributed by atoms with Crippen LogP contribution in [-0.2, 0) is 9.59 Å². The minimum Gasteiger partial charge on any atom is -0.481 e. The number of carboxylic acid groups (broad SMARTS) is 1. The fourth-order valence-corrected chi connectivity index (χ4v) is 2.92. The number of rotatable bonds is 7.